The Hall–Kier alpha value is -1.46. The van der Waals surface area contributed by atoms with Gasteiger partial charge < -0.3 is 0 Å². The summed E-state index contributed by atoms with van der Waals surface area (Å²) in [6, 6.07) is 15.7. The fourth-order valence-corrected chi connectivity index (χ4v) is 3.20. The predicted molar refractivity (Wildman–Crippen MR) is 79.7 cm³/mol. The Morgan fingerprint density at radius 2 is 1.63 bits per heavy atom. The first-order chi connectivity index (χ1) is 9.00. The zero-order valence-corrected chi connectivity index (χ0v) is 12.6. The Morgan fingerprint density at radius 1 is 1.05 bits per heavy atom. The molecule has 1 amide bonds. The summed E-state index contributed by atoms with van der Waals surface area (Å²) in [7, 11) is -2.72. The first kappa shape index (κ1) is 14.0. The van der Waals surface area contributed by atoms with E-state index in [1.165, 1.54) is 6.26 Å². The summed E-state index contributed by atoms with van der Waals surface area (Å²) in [6.07, 6.45) is 1.47. The van der Waals surface area contributed by atoms with Crippen LogP contribution in [0.25, 0.3) is 0 Å². The lowest BCUT2D eigenvalue weighted by Crippen LogP contribution is -2.04. The Morgan fingerprint density at radius 3 is 2.26 bits per heavy atom. The molecule has 2 aromatic carbocycles. The van der Waals surface area contributed by atoms with Gasteiger partial charge in [-0.05, 0) is 40.2 Å². The van der Waals surface area contributed by atoms with Gasteiger partial charge in [0.15, 0.2) is 0 Å². The van der Waals surface area contributed by atoms with Crippen LogP contribution in [-0.4, -0.2) is 16.4 Å². The molecular weight excluding hydrogens is 326 g/mol. The van der Waals surface area contributed by atoms with E-state index in [-0.39, 0.29) is 0 Å². The van der Waals surface area contributed by atoms with Crippen LogP contribution in [0, 0.1) is 0 Å². The van der Waals surface area contributed by atoms with Crippen LogP contribution in [0.5, 0.6) is 0 Å². The summed E-state index contributed by atoms with van der Waals surface area (Å²) in [5.41, 5.74) is 0.410. The topological polar surface area (TPSA) is 46.5 Å². The van der Waals surface area contributed by atoms with Crippen LogP contribution in [0.15, 0.2) is 68.3 Å². The second kappa shape index (κ2) is 5.67. The van der Waals surface area contributed by atoms with Crippen LogP contribution in [0.1, 0.15) is 10.4 Å². The molecular formula is C14H12BrNO2S. The molecule has 98 valence electrons. The number of rotatable bonds is 2. The molecule has 0 N–H and O–H groups in total. The van der Waals surface area contributed by atoms with E-state index in [9.17, 15) is 9.00 Å². The van der Waals surface area contributed by atoms with Crippen molar-refractivity contribution in [3.05, 3.63) is 64.6 Å². The highest BCUT2D eigenvalue weighted by Gasteiger charge is 2.12. The smallest absolute Gasteiger partial charge is 0.266 e. The molecule has 19 heavy (non-hydrogen) atoms. The molecule has 1 atom stereocenters. The molecule has 2 rings (SSSR count). The Balaban J connectivity index is 2.45. The summed E-state index contributed by atoms with van der Waals surface area (Å²) < 4.78 is 17.0. The first-order valence-electron chi connectivity index (χ1n) is 5.57. The number of amides is 1. The van der Waals surface area contributed by atoms with Gasteiger partial charge >= 0.3 is 0 Å². The van der Waals surface area contributed by atoms with Crippen LogP contribution in [0.4, 0.5) is 0 Å². The minimum atomic E-state index is -2.72. The van der Waals surface area contributed by atoms with Crippen molar-refractivity contribution in [3.8, 4) is 0 Å². The summed E-state index contributed by atoms with van der Waals surface area (Å²) in [5, 5.41) is 0. The van der Waals surface area contributed by atoms with Crippen LogP contribution < -0.4 is 0 Å². The fraction of sp³-hybridized carbons (Fsp3) is 0.0714. The number of carbonyl (C=O) groups excluding carboxylic acids is 1. The minimum Gasteiger partial charge on any atom is -0.266 e. The van der Waals surface area contributed by atoms with Gasteiger partial charge in [0, 0.05) is 15.6 Å². The number of carbonyl (C=O) groups is 1. The molecule has 0 radical (unpaired) electrons. The van der Waals surface area contributed by atoms with E-state index in [2.05, 4.69) is 20.3 Å². The number of hydrogen-bond acceptors (Lipinski definition) is 2. The number of nitrogens with zero attached hydrogens (tertiary/aromatic N) is 1. The van der Waals surface area contributed by atoms with Gasteiger partial charge in [-0.2, -0.15) is 4.36 Å². The molecule has 0 aliphatic carbocycles. The van der Waals surface area contributed by atoms with Crippen LogP contribution >= 0.6 is 15.9 Å². The molecule has 5 heteroatoms. The van der Waals surface area contributed by atoms with Crippen LogP contribution in [0.2, 0.25) is 0 Å². The molecule has 0 aromatic heterocycles. The van der Waals surface area contributed by atoms with Crippen molar-refractivity contribution in [3.63, 3.8) is 0 Å². The van der Waals surface area contributed by atoms with Gasteiger partial charge in [-0.1, -0.05) is 30.3 Å². The largest absolute Gasteiger partial charge is 0.286 e. The first-order valence-corrected chi connectivity index (χ1v) is 8.28. The summed E-state index contributed by atoms with van der Waals surface area (Å²) >= 11 is 3.29. The minimum absolute atomic E-state index is 0.410. The Kier molecular flexibility index (Phi) is 4.17. The zero-order valence-electron chi connectivity index (χ0n) is 10.2. The monoisotopic (exact) mass is 337 g/mol. The van der Waals surface area contributed by atoms with Crippen LogP contribution in [-0.2, 0) is 9.73 Å². The van der Waals surface area contributed by atoms with Gasteiger partial charge in [0.05, 0.1) is 15.3 Å². The van der Waals surface area contributed by atoms with E-state index in [1.807, 2.05) is 6.07 Å². The quantitative estimate of drug-likeness (QED) is 0.837. The third-order valence-electron chi connectivity index (χ3n) is 2.54. The molecule has 2 aromatic rings. The lowest BCUT2D eigenvalue weighted by atomic mass is 10.2. The average Bonchev–Trinajstić information content (AvgIpc) is 2.39. The summed E-state index contributed by atoms with van der Waals surface area (Å²) in [5.74, 6) is -0.483. The third-order valence-corrected chi connectivity index (χ3v) is 4.89. The predicted octanol–water partition coefficient (Wildman–Crippen LogP) is 3.75. The Bertz CT molecular complexity index is 719. The van der Waals surface area contributed by atoms with Gasteiger partial charge in [-0.15, -0.1) is 0 Å². The molecule has 0 unspecified atom stereocenters. The number of benzene rings is 2. The van der Waals surface area contributed by atoms with E-state index in [0.717, 1.165) is 0 Å². The van der Waals surface area contributed by atoms with E-state index < -0.39 is 15.6 Å². The molecule has 0 heterocycles. The van der Waals surface area contributed by atoms with Crippen molar-refractivity contribution in [2.45, 2.75) is 4.90 Å². The molecule has 3 nitrogen and oxygen atoms in total. The average molecular weight is 338 g/mol. The lowest BCUT2D eigenvalue weighted by molar-refractivity contribution is 0.100. The maximum absolute atomic E-state index is 12.5. The molecule has 0 saturated heterocycles. The molecule has 0 fully saturated rings. The normalized spacial score (nSPS) is 13.6. The van der Waals surface area contributed by atoms with Crippen molar-refractivity contribution in [2.75, 3.05) is 6.26 Å². The second-order valence-electron chi connectivity index (χ2n) is 3.99. The standard InChI is InChI=1S/C14H12BrNO2S/c1-19(18,11-7-3-2-4-8-11)16-14(17)12-9-5-6-10-13(12)15/h2-10H,1H3/t19-/m0/s1. The van der Waals surface area contributed by atoms with Gasteiger partial charge in [0.2, 0.25) is 0 Å². The van der Waals surface area contributed by atoms with Gasteiger partial charge in [0.1, 0.15) is 0 Å². The van der Waals surface area contributed by atoms with Crippen molar-refractivity contribution >= 4 is 31.6 Å². The highest BCUT2D eigenvalue weighted by molar-refractivity contribution is 9.10. The maximum Gasteiger partial charge on any atom is 0.286 e. The highest BCUT2D eigenvalue weighted by atomic mass is 79.9. The summed E-state index contributed by atoms with van der Waals surface area (Å²) in [6.45, 7) is 0. The number of hydrogen-bond donors (Lipinski definition) is 0. The number of halogens is 1. The molecule has 0 bridgehead atoms. The van der Waals surface area contributed by atoms with Crippen LogP contribution in [0.3, 0.4) is 0 Å². The molecule has 0 aliphatic rings. The third kappa shape index (κ3) is 3.30. The van der Waals surface area contributed by atoms with Gasteiger partial charge in [0.25, 0.3) is 5.91 Å². The van der Waals surface area contributed by atoms with Gasteiger partial charge in [-0.25, -0.2) is 4.21 Å². The fourth-order valence-electron chi connectivity index (χ4n) is 1.57. The van der Waals surface area contributed by atoms with Gasteiger partial charge in [-0.3, -0.25) is 4.79 Å². The zero-order chi connectivity index (χ0) is 13.9. The molecule has 0 aliphatic heterocycles. The lowest BCUT2D eigenvalue weighted by Gasteiger charge is -2.04. The van der Waals surface area contributed by atoms with Crippen molar-refractivity contribution in [1.29, 1.82) is 0 Å². The van der Waals surface area contributed by atoms with Crippen molar-refractivity contribution in [1.82, 2.24) is 0 Å². The maximum atomic E-state index is 12.5. The Labute approximate surface area is 121 Å². The summed E-state index contributed by atoms with van der Waals surface area (Å²) in [4.78, 5) is 12.6. The van der Waals surface area contributed by atoms with E-state index in [1.54, 1.807) is 48.5 Å². The SMILES string of the molecule is C[S@@](=O)(=NC(=O)c1ccccc1Br)c1ccccc1. The van der Waals surface area contributed by atoms with E-state index >= 15 is 0 Å². The second-order valence-corrected chi connectivity index (χ2v) is 7.11. The van der Waals surface area contributed by atoms with E-state index in [4.69, 9.17) is 0 Å². The van der Waals surface area contributed by atoms with E-state index in [0.29, 0.717) is 14.9 Å². The molecule has 0 saturated carbocycles. The van der Waals surface area contributed by atoms with Crippen molar-refractivity contribution < 1.29 is 9.00 Å². The van der Waals surface area contributed by atoms with Crippen molar-refractivity contribution in [2.24, 2.45) is 4.36 Å². The highest BCUT2D eigenvalue weighted by Crippen LogP contribution is 2.19. The molecule has 0 spiro atoms.